The molecule has 0 bridgehead atoms. The van der Waals surface area contributed by atoms with E-state index < -0.39 is 0 Å². The van der Waals surface area contributed by atoms with Gasteiger partial charge in [0, 0.05) is 12.6 Å². The lowest BCUT2D eigenvalue weighted by molar-refractivity contribution is 0.0726. The Kier molecular flexibility index (Phi) is 4.74. The van der Waals surface area contributed by atoms with Gasteiger partial charge in [0.1, 0.15) is 11.5 Å². The SMILES string of the molecule is COc1ccc(OC)c(C(=O)N(Cc2cccc(C)c2)C2CC2)c1. The minimum Gasteiger partial charge on any atom is -0.497 e. The van der Waals surface area contributed by atoms with Crippen LogP contribution in [0.25, 0.3) is 0 Å². The van der Waals surface area contributed by atoms with Crippen molar-refractivity contribution >= 4 is 5.91 Å². The summed E-state index contributed by atoms with van der Waals surface area (Å²) < 4.78 is 10.7. The van der Waals surface area contributed by atoms with E-state index in [1.165, 1.54) is 5.56 Å². The largest absolute Gasteiger partial charge is 0.497 e. The number of benzene rings is 2. The van der Waals surface area contributed by atoms with Crippen LogP contribution in [0, 0.1) is 6.92 Å². The smallest absolute Gasteiger partial charge is 0.258 e. The lowest BCUT2D eigenvalue weighted by Crippen LogP contribution is -2.33. The lowest BCUT2D eigenvalue weighted by Gasteiger charge is -2.24. The second-order valence-corrected chi connectivity index (χ2v) is 6.22. The van der Waals surface area contributed by atoms with E-state index in [9.17, 15) is 4.79 Å². The summed E-state index contributed by atoms with van der Waals surface area (Å²) in [6, 6.07) is 14.0. The number of hydrogen-bond donors (Lipinski definition) is 0. The van der Waals surface area contributed by atoms with Crippen LogP contribution in [-0.4, -0.2) is 31.1 Å². The van der Waals surface area contributed by atoms with Crippen LogP contribution in [0.5, 0.6) is 11.5 Å². The summed E-state index contributed by atoms with van der Waals surface area (Å²) >= 11 is 0. The fourth-order valence-electron chi connectivity index (χ4n) is 2.90. The molecule has 3 rings (SSSR count). The Morgan fingerprint density at radius 2 is 1.92 bits per heavy atom. The molecule has 0 spiro atoms. The maximum atomic E-state index is 13.2. The number of nitrogens with zero attached hydrogens (tertiary/aromatic N) is 1. The van der Waals surface area contributed by atoms with Crippen molar-refractivity contribution in [3.8, 4) is 11.5 Å². The Morgan fingerprint density at radius 3 is 2.54 bits per heavy atom. The van der Waals surface area contributed by atoms with Crippen LogP contribution < -0.4 is 9.47 Å². The van der Waals surface area contributed by atoms with Gasteiger partial charge in [0.05, 0.1) is 19.8 Å². The Hall–Kier alpha value is -2.49. The highest BCUT2D eigenvalue weighted by Gasteiger charge is 2.34. The summed E-state index contributed by atoms with van der Waals surface area (Å²) in [6.45, 7) is 2.68. The molecule has 126 valence electrons. The van der Waals surface area contributed by atoms with Gasteiger partial charge in [-0.1, -0.05) is 29.8 Å². The van der Waals surface area contributed by atoms with Crippen LogP contribution in [0.15, 0.2) is 42.5 Å². The van der Waals surface area contributed by atoms with Crippen molar-refractivity contribution in [3.63, 3.8) is 0 Å². The monoisotopic (exact) mass is 325 g/mol. The minimum atomic E-state index is -0.00486. The predicted octanol–water partition coefficient (Wildman–Crippen LogP) is 3.82. The lowest BCUT2D eigenvalue weighted by atomic mass is 10.1. The summed E-state index contributed by atoms with van der Waals surface area (Å²) in [5.41, 5.74) is 2.91. The zero-order valence-corrected chi connectivity index (χ0v) is 14.4. The number of hydrogen-bond acceptors (Lipinski definition) is 3. The van der Waals surface area contributed by atoms with Gasteiger partial charge < -0.3 is 14.4 Å². The third kappa shape index (κ3) is 3.53. The summed E-state index contributed by atoms with van der Waals surface area (Å²) in [6.07, 6.45) is 2.12. The van der Waals surface area contributed by atoms with Crippen LogP contribution in [-0.2, 0) is 6.54 Å². The molecule has 0 unspecified atom stereocenters. The molecule has 0 saturated heterocycles. The van der Waals surface area contributed by atoms with Crippen LogP contribution in [0.1, 0.15) is 34.3 Å². The molecule has 4 heteroatoms. The van der Waals surface area contributed by atoms with E-state index >= 15 is 0 Å². The molecule has 2 aromatic rings. The van der Waals surface area contributed by atoms with Gasteiger partial charge in [-0.05, 0) is 43.5 Å². The molecule has 1 fully saturated rings. The van der Waals surface area contributed by atoms with Gasteiger partial charge in [-0.25, -0.2) is 0 Å². The molecule has 1 aliphatic rings. The van der Waals surface area contributed by atoms with Gasteiger partial charge in [-0.2, -0.15) is 0 Å². The van der Waals surface area contributed by atoms with Crippen molar-refractivity contribution in [3.05, 3.63) is 59.2 Å². The molecule has 0 aliphatic heterocycles. The number of carbonyl (C=O) groups excluding carboxylic acids is 1. The minimum absolute atomic E-state index is 0.00486. The Balaban J connectivity index is 1.90. The van der Waals surface area contributed by atoms with Crippen molar-refractivity contribution in [2.45, 2.75) is 32.4 Å². The number of methoxy groups -OCH3 is 2. The molecular formula is C20H23NO3. The van der Waals surface area contributed by atoms with E-state index in [0.717, 1.165) is 18.4 Å². The number of carbonyl (C=O) groups is 1. The Bertz CT molecular complexity index is 737. The van der Waals surface area contributed by atoms with Crippen LogP contribution in [0.3, 0.4) is 0 Å². The summed E-state index contributed by atoms with van der Waals surface area (Å²) in [4.78, 5) is 15.1. The van der Waals surface area contributed by atoms with Crippen LogP contribution in [0.2, 0.25) is 0 Å². The van der Waals surface area contributed by atoms with Gasteiger partial charge in [0.15, 0.2) is 0 Å². The molecule has 0 N–H and O–H groups in total. The first kappa shape index (κ1) is 16.4. The topological polar surface area (TPSA) is 38.8 Å². The normalized spacial score (nSPS) is 13.5. The van der Waals surface area contributed by atoms with E-state index in [0.29, 0.717) is 29.6 Å². The molecule has 0 atom stereocenters. The molecule has 0 aromatic heterocycles. The maximum absolute atomic E-state index is 13.2. The number of rotatable bonds is 6. The summed E-state index contributed by atoms with van der Waals surface area (Å²) in [5, 5.41) is 0. The molecular weight excluding hydrogens is 302 g/mol. The third-order valence-corrected chi connectivity index (χ3v) is 4.32. The van der Waals surface area contributed by atoms with Crippen molar-refractivity contribution < 1.29 is 14.3 Å². The summed E-state index contributed by atoms with van der Waals surface area (Å²) in [7, 11) is 3.18. The first-order valence-corrected chi connectivity index (χ1v) is 8.21. The highest BCUT2D eigenvalue weighted by Crippen LogP contribution is 2.33. The fourth-order valence-corrected chi connectivity index (χ4v) is 2.90. The second-order valence-electron chi connectivity index (χ2n) is 6.22. The van der Waals surface area contributed by atoms with Crippen molar-refractivity contribution in [1.82, 2.24) is 4.90 Å². The maximum Gasteiger partial charge on any atom is 0.258 e. The zero-order valence-electron chi connectivity index (χ0n) is 14.4. The Morgan fingerprint density at radius 1 is 1.12 bits per heavy atom. The van der Waals surface area contributed by atoms with Gasteiger partial charge in [-0.3, -0.25) is 4.79 Å². The van der Waals surface area contributed by atoms with E-state index in [-0.39, 0.29) is 5.91 Å². The average Bonchev–Trinajstić information content (AvgIpc) is 3.43. The van der Waals surface area contributed by atoms with E-state index in [1.807, 2.05) is 11.0 Å². The van der Waals surface area contributed by atoms with Crippen molar-refractivity contribution in [1.29, 1.82) is 0 Å². The standard InChI is InChI=1S/C20H23NO3/c1-14-5-4-6-15(11-14)13-21(16-7-8-16)20(22)18-12-17(23-2)9-10-19(18)24-3/h4-6,9-12,16H,7-8,13H2,1-3H3. The van der Waals surface area contributed by atoms with Crippen LogP contribution >= 0.6 is 0 Å². The highest BCUT2D eigenvalue weighted by atomic mass is 16.5. The third-order valence-electron chi connectivity index (χ3n) is 4.32. The molecule has 0 heterocycles. The number of aryl methyl sites for hydroxylation is 1. The van der Waals surface area contributed by atoms with E-state index in [2.05, 4.69) is 25.1 Å². The zero-order chi connectivity index (χ0) is 17.1. The Labute approximate surface area is 143 Å². The quantitative estimate of drug-likeness (QED) is 0.810. The summed E-state index contributed by atoms with van der Waals surface area (Å²) in [5.74, 6) is 1.23. The predicted molar refractivity (Wildman–Crippen MR) is 93.6 cm³/mol. The molecule has 24 heavy (non-hydrogen) atoms. The molecule has 1 saturated carbocycles. The molecule has 4 nitrogen and oxygen atoms in total. The number of amides is 1. The first-order valence-electron chi connectivity index (χ1n) is 8.21. The molecule has 2 aromatic carbocycles. The first-order chi connectivity index (χ1) is 11.6. The van der Waals surface area contributed by atoms with Crippen molar-refractivity contribution in [2.75, 3.05) is 14.2 Å². The van der Waals surface area contributed by atoms with Gasteiger partial charge in [-0.15, -0.1) is 0 Å². The van der Waals surface area contributed by atoms with Gasteiger partial charge in [0.2, 0.25) is 0 Å². The van der Waals surface area contributed by atoms with Gasteiger partial charge in [0.25, 0.3) is 5.91 Å². The van der Waals surface area contributed by atoms with E-state index in [4.69, 9.17) is 9.47 Å². The highest BCUT2D eigenvalue weighted by molar-refractivity contribution is 5.97. The van der Waals surface area contributed by atoms with Gasteiger partial charge >= 0.3 is 0 Å². The fraction of sp³-hybridized carbons (Fsp3) is 0.350. The molecule has 1 aliphatic carbocycles. The average molecular weight is 325 g/mol. The van der Waals surface area contributed by atoms with E-state index in [1.54, 1.807) is 32.4 Å². The number of ether oxygens (including phenoxy) is 2. The second kappa shape index (κ2) is 6.95. The van der Waals surface area contributed by atoms with Crippen molar-refractivity contribution in [2.24, 2.45) is 0 Å². The molecule has 0 radical (unpaired) electrons. The van der Waals surface area contributed by atoms with Crippen LogP contribution in [0.4, 0.5) is 0 Å². The molecule has 1 amide bonds.